The summed E-state index contributed by atoms with van der Waals surface area (Å²) in [6.45, 7) is 4.96. The van der Waals surface area contributed by atoms with Crippen LogP contribution in [0.15, 0.2) is 30.3 Å². The first-order chi connectivity index (χ1) is 11.1. The van der Waals surface area contributed by atoms with E-state index in [-0.39, 0.29) is 5.75 Å². The second-order valence-electron chi connectivity index (χ2n) is 6.37. The van der Waals surface area contributed by atoms with Gasteiger partial charge in [0.25, 0.3) is 0 Å². The molecule has 0 N–H and O–H groups in total. The summed E-state index contributed by atoms with van der Waals surface area (Å²) in [4.78, 5) is 2.48. The third-order valence-electron chi connectivity index (χ3n) is 4.78. The van der Waals surface area contributed by atoms with Gasteiger partial charge in [-0.1, -0.05) is 30.3 Å². The molecule has 2 saturated heterocycles. The lowest BCUT2D eigenvalue weighted by molar-refractivity contribution is 0.114. The van der Waals surface area contributed by atoms with Crippen molar-refractivity contribution in [1.82, 2.24) is 9.21 Å². The van der Waals surface area contributed by atoms with E-state index in [0.717, 1.165) is 51.1 Å². The fourth-order valence-electron chi connectivity index (χ4n) is 3.49. The second-order valence-corrected chi connectivity index (χ2v) is 8.34. The molecule has 0 aliphatic carbocycles. The van der Waals surface area contributed by atoms with Gasteiger partial charge in [-0.15, -0.1) is 0 Å². The lowest BCUT2D eigenvalue weighted by Crippen LogP contribution is -2.47. The lowest BCUT2D eigenvalue weighted by Gasteiger charge is -2.37. The van der Waals surface area contributed by atoms with Gasteiger partial charge in [0.2, 0.25) is 10.0 Å². The standard InChI is InChI=1S/C17H26N2O3S/c20-23(21,15-16-5-2-1-3-6-16)19-10-7-17(8-11-19)18-9-4-13-22-14-12-18/h1-3,5-6,17H,4,7-15H2. The first-order valence-corrected chi connectivity index (χ1v) is 10.1. The zero-order valence-corrected chi connectivity index (χ0v) is 14.4. The molecule has 0 saturated carbocycles. The fraction of sp³-hybridized carbons (Fsp3) is 0.647. The summed E-state index contributed by atoms with van der Waals surface area (Å²) in [5.41, 5.74) is 0.860. The van der Waals surface area contributed by atoms with Gasteiger partial charge in [0.15, 0.2) is 0 Å². The predicted octanol–water partition coefficient (Wildman–Crippen LogP) is 1.70. The maximum atomic E-state index is 12.6. The summed E-state index contributed by atoms with van der Waals surface area (Å²) in [5, 5.41) is 0. The van der Waals surface area contributed by atoms with Crippen LogP contribution in [-0.2, 0) is 20.5 Å². The molecule has 2 aliphatic rings. The Hall–Kier alpha value is -0.950. The van der Waals surface area contributed by atoms with Crippen LogP contribution in [0, 0.1) is 0 Å². The van der Waals surface area contributed by atoms with Crippen molar-refractivity contribution in [2.24, 2.45) is 0 Å². The maximum Gasteiger partial charge on any atom is 0.218 e. The van der Waals surface area contributed by atoms with Crippen molar-refractivity contribution in [3.63, 3.8) is 0 Å². The smallest absolute Gasteiger partial charge is 0.218 e. The molecule has 0 spiro atoms. The molecule has 2 aliphatic heterocycles. The SMILES string of the molecule is O=S(=O)(Cc1ccccc1)N1CCC(N2CCCOCC2)CC1. The molecule has 0 atom stereocenters. The fourth-order valence-corrected chi connectivity index (χ4v) is 5.06. The Morgan fingerprint density at radius 3 is 2.48 bits per heavy atom. The summed E-state index contributed by atoms with van der Waals surface area (Å²) in [7, 11) is -3.21. The number of hydrogen-bond acceptors (Lipinski definition) is 4. The molecule has 5 nitrogen and oxygen atoms in total. The summed E-state index contributed by atoms with van der Waals surface area (Å²) in [6.07, 6.45) is 2.93. The van der Waals surface area contributed by atoms with E-state index in [4.69, 9.17) is 4.74 Å². The van der Waals surface area contributed by atoms with E-state index < -0.39 is 10.0 Å². The average Bonchev–Trinajstić information content (AvgIpc) is 2.85. The highest BCUT2D eigenvalue weighted by Crippen LogP contribution is 2.21. The predicted molar refractivity (Wildman–Crippen MR) is 90.7 cm³/mol. The van der Waals surface area contributed by atoms with Crippen LogP contribution in [0.2, 0.25) is 0 Å². The maximum absolute atomic E-state index is 12.6. The van der Waals surface area contributed by atoms with Crippen molar-refractivity contribution >= 4 is 10.0 Å². The Bertz CT molecular complexity index is 575. The molecule has 0 unspecified atom stereocenters. The molecule has 0 aromatic heterocycles. The van der Waals surface area contributed by atoms with E-state index in [1.54, 1.807) is 4.31 Å². The first kappa shape index (κ1) is 16.9. The normalized spacial score (nSPS) is 22.8. The van der Waals surface area contributed by atoms with Crippen LogP contribution in [0.3, 0.4) is 0 Å². The van der Waals surface area contributed by atoms with E-state index in [0.29, 0.717) is 19.1 Å². The number of sulfonamides is 1. The molecule has 6 heteroatoms. The van der Waals surface area contributed by atoms with Crippen molar-refractivity contribution in [1.29, 1.82) is 0 Å². The van der Waals surface area contributed by atoms with Gasteiger partial charge in [-0.05, 0) is 24.8 Å². The van der Waals surface area contributed by atoms with E-state index in [2.05, 4.69) is 4.90 Å². The lowest BCUT2D eigenvalue weighted by atomic mass is 10.0. The Morgan fingerprint density at radius 2 is 1.74 bits per heavy atom. The van der Waals surface area contributed by atoms with Crippen molar-refractivity contribution in [3.8, 4) is 0 Å². The molecular weight excluding hydrogens is 312 g/mol. The summed E-state index contributed by atoms with van der Waals surface area (Å²) in [5.74, 6) is 0.107. The molecule has 0 amide bonds. The number of rotatable bonds is 4. The second kappa shape index (κ2) is 7.75. The van der Waals surface area contributed by atoms with Gasteiger partial charge >= 0.3 is 0 Å². The topological polar surface area (TPSA) is 49.9 Å². The first-order valence-electron chi connectivity index (χ1n) is 8.49. The monoisotopic (exact) mass is 338 g/mol. The van der Waals surface area contributed by atoms with Crippen molar-refractivity contribution in [3.05, 3.63) is 35.9 Å². The van der Waals surface area contributed by atoms with Gasteiger partial charge in [-0.2, -0.15) is 0 Å². The quantitative estimate of drug-likeness (QED) is 0.838. The highest BCUT2D eigenvalue weighted by molar-refractivity contribution is 7.88. The van der Waals surface area contributed by atoms with Gasteiger partial charge in [-0.3, -0.25) is 4.90 Å². The van der Waals surface area contributed by atoms with E-state index in [9.17, 15) is 8.42 Å². The largest absolute Gasteiger partial charge is 0.380 e. The van der Waals surface area contributed by atoms with Crippen LogP contribution in [-0.4, -0.2) is 63.1 Å². The van der Waals surface area contributed by atoms with Crippen molar-refractivity contribution in [2.45, 2.75) is 31.1 Å². The van der Waals surface area contributed by atoms with Crippen LogP contribution >= 0.6 is 0 Å². The Labute approximate surface area is 139 Å². The minimum absolute atomic E-state index is 0.107. The molecule has 0 bridgehead atoms. The van der Waals surface area contributed by atoms with E-state index >= 15 is 0 Å². The van der Waals surface area contributed by atoms with Gasteiger partial charge < -0.3 is 4.74 Å². The summed E-state index contributed by atoms with van der Waals surface area (Å²) < 4.78 is 32.4. The molecular formula is C17H26N2O3S. The third-order valence-corrected chi connectivity index (χ3v) is 6.63. The highest BCUT2D eigenvalue weighted by Gasteiger charge is 2.30. The van der Waals surface area contributed by atoms with Crippen LogP contribution in [0.25, 0.3) is 0 Å². The van der Waals surface area contributed by atoms with Crippen LogP contribution in [0.1, 0.15) is 24.8 Å². The zero-order chi connectivity index (χ0) is 16.1. The zero-order valence-electron chi connectivity index (χ0n) is 13.6. The van der Waals surface area contributed by atoms with Crippen LogP contribution < -0.4 is 0 Å². The molecule has 1 aromatic rings. The van der Waals surface area contributed by atoms with Gasteiger partial charge in [0.1, 0.15) is 0 Å². The number of ether oxygens (including phenoxy) is 1. The minimum atomic E-state index is -3.21. The third kappa shape index (κ3) is 4.53. The Kier molecular flexibility index (Phi) is 5.69. The molecule has 2 fully saturated rings. The number of hydrogen-bond donors (Lipinski definition) is 0. The van der Waals surface area contributed by atoms with Crippen molar-refractivity contribution in [2.75, 3.05) is 39.4 Å². The highest BCUT2D eigenvalue weighted by atomic mass is 32.2. The van der Waals surface area contributed by atoms with E-state index in [1.165, 1.54) is 0 Å². The summed E-state index contributed by atoms with van der Waals surface area (Å²) in [6, 6.07) is 9.94. The molecule has 2 heterocycles. The Morgan fingerprint density at radius 1 is 1.00 bits per heavy atom. The average molecular weight is 338 g/mol. The number of benzene rings is 1. The number of piperidine rings is 1. The van der Waals surface area contributed by atoms with Gasteiger partial charge in [0.05, 0.1) is 12.4 Å². The molecule has 23 heavy (non-hydrogen) atoms. The number of nitrogens with zero attached hydrogens (tertiary/aromatic N) is 2. The van der Waals surface area contributed by atoms with Crippen LogP contribution in [0.4, 0.5) is 0 Å². The molecule has 1 aromatic carbocycles. The molecule has 3 rings (SSSR count). The van der Waals surface area contributed by atoms with Crippen molar-refractivity contribution < 1.29 is 13.2 Å². The Balaban J connectivity index is 1.55. The minimum Gasteiger partial charge on any atom is -0.380 e. The molecule has 0 radical (unpaired) electrons. The summed E-state index contributed by atoms with van der Waals surface area (Å²) >= 11 is 0. The van der Waals surface area contributed by atoms with Gasteiger partial charge in [-0.25, -0.2) is 12.7 Å². The van der Waals surface area contributed by atoms with Gasteiger partial charge in [0, 0.05) is 38.8 Å². The van der Waals surface area contributed by atoms with Crippen LogP contribution in [0.5, 0.6) is 0 Å². The molecule has 128 valence electrons. The van der Waals surface area contributed by atoms with E-state index in [1.807, 2.05) is 30.3 Å².